The van der Waals surface area contributed by atoms with Crippen molar-refractivity contribution in [2.75, 3.05) is 6.54 Å². The lowest BCUT2D eigenvalue weighted by atomic mass is 10.1. The number of nitrogens with two attached hydrogens (primary N) is 1. The smallest absolute Gasteiger partial charge is 0.123 e. The number of hydrogen-bond acceptors (Lipinski definition) is 0. The molecule has 1 aromatic rings. The molecule has 0 radical (unpaired) electrons. The summed E-state index contributed by atoms with van der Waals surface area (Å²) in [5.41, 5.74) is 2.23. The van der Waals surface area contributed by atoms with Crippen molar-refractivity contribution < 1.29 is 9.71 Å². The average Bonchev–Trinajstić information content (AvgIpc) is 2.07. The normalized spacial score (nSPS) is 10.2. The molecule has 0 heterocycles. The molecule has 0 saturated carbocycles. The van der Waals surface area contributed by atoms with Crippen LogP contribution in [0.2, 0.25) is 0 Å². The third-order valence-electron chi connectivity index (χ3n) is 1.93. The maximum atomic E-state index is 12.7. The monoisotopic (exact) mass is 167 g/mol. The van der Waals surface area contributed by atoms with Crippen LogP contribution >= 0.6 is 0 Å². The van der Waals surface area contributed by atoms with Gasteiger partial charge in [-0.1, -0.05) is 6.07 Å². The first kappa shape index (κ1) is 9.20. The summed E-state index contributed by atoms with van der Waals surface area (Å²) < 4.78 is 12.7. The highest BCUT2D eigenvalue weighted by Crippen LogP contribution is 2.09. The molecule has 2 heteroatoms. The first-order valence-electron chi connectivity index (χ1n) is 4.10. The van der Waals surface area contributed by atoms with Gasteiger partial charge in [-0.15, -0.1) is 0 Å². The summed E-state index contributed by atoms with van der Waals surface area (Å²) in [5, 5.41) is 1.85. The minimum Gasteiger partial charge on any atom is -0.479 e. The number of halogens is 1. The lowest BCUT2D eigenvalue weighted by Gasteiger charge is -2.04. The van der Waals surface area contributed by atoms with Crippen molar-refractivity contribution in [2.45, 2.75) is 13.3 Å². The second kappa shape index (κ2) is 4.21. The largest absolute Gasteiger partial charge is 0.479 e. The van der Waals surface area contributed by atoms with Crippen molar-refractivity contribution in [1.82, 2.24) is 0 Å². The molecule has 0 fully saturated rings. The van der Waals surface area contributed by atoms with E-state index in [2.05, 4.69) is 7.05 Å². The topological polar surface area (TPSA) is 16.6 Å². The summed E-state index contributed by atoms with van der Waals surface area (Å²) in [7, 11) is 3.63. The number of hydrogen-bond donors (Lipinski definition) is 1. The van der Waals surface area contributed by atoms with Crippen LogP contribution in [-0.2, 0) is 6.42 Å². The molecule has 1 rings (SSSR count). The van der Waals surface area contributed by atoms with Gasteiger partial charge in [0, 0.05) is 6.42 Å². The molecule has 0 aromatic heterocycles. The third kappa shape index (κ3) is 2.31. The van der Waals surface area contributed by atoms with E-state index in [1.54, 1.807) is 6.07 Å². The number of quaternary nitrogens is 1. The van der Waals surface area contributed by atoms with Crippen LogP contribution < -0.4 is 5.32 Å². The molecule has 0 atom stereocenters. The minimum atomic E-state index is -0.153. The van der Waals surface area contributed by atoms with Crippen LogP contribution in [0.3, 0.4) is 0 Å². The molecule has 0 aliphatic rings. The van der Waals surface area contributed by atoms with E-state index in [0.717, 1.165) is 24.1 Å². The van der Waals surface area contributed by atoms with Crippen molar-refractivity contribution in [1.29, 1.82) is 0 Å². The molecule has 2 N–H and O–H groups in total. The lowest BCUT2D eigenvalue weighted by Crippen LogP contribution is -2.77. The summed E-state index contributed by atoms with van der Waals surface area (Å²) >= 11 is 0. The first-order chi connectivity index (χ1) is 5.74. The Balaban J connectivity index is 2.75. The molecule has 0 bridgehead atoms. The zero-order valence-corrected chi connectivity index (χ0v) is 7.31. The zero-order chi connectivity index (χ0) is 8.97. The van der Waals surface area contributed by atoms with E-state index in [1.165, 1.54) is 6.07 Å². The Morgan fingerprint density at radius 2 is 2.25 bits per heavy atom. The van der Waals surface area contributed by atoms with Crippen molar-refractivity contribution in [3.8, 4) is 0 Å². The van der Waals surface area contributed by atoms with Gasteiger partial charge >= 0.3 is 0 Å². The third-order valence-corrected chi connectivity index (χ3v) is 1.93. The Bertz CT molecular complexity index is 258. The van der Waals surface area contributed by atoms with Crippen molar-refractivity contribution >= 4 is 0 Å². The zero-order valence-electron chi connectivity index (χ0n) is 7.31. The van der Waals surface area contributed by atoms with E-state index >= 15 is 0 Å². The summed E-state index contributed by atoms with van der Waals surface area (Å²) in [6, 6.07) is 4.90. The van der Waals surface area contributed by atoms with E-state index < -0.39 is 0 Å². The molecule has 0 spiro atoms. The highest BCUT2D eigenvalue weighted by atomic mass is 19.1. The Hall–Kier alpha value is -0.890. The highest BCUT2D eigenvalue weighted by Gasteiger charge is 1.99. The van der Waals surface area contributed by atoms with E-state index in [9.17, 15) is 4.39 Å². The van der Waals surface area contributed by atoms with Gasteiger partial charge in [0.15, 0.2) is 0 Å². The SMILES string of the molecule is [CH2-][NH2+]CCc1cc(F)ccc1C. The summed E-state index contributed by atoms with van der Waals surface area (Å²) in [5.74, 6) is -0.153. The molecule has 1 nitrogen and oxygen atoms in total. The number of benzene rings is 1. The van der Waals surface area contributed by atoms with Crippen LogP contribution in [0.4, 0.5) is 4.39 Å². The van der Waals surface area contributed by atoms with E-state index in [4.69, 9.17) is 0 Å². The van der Waals surface area contributed by atoms with Gasteiger partial charge in [0.05, 0.1) is 6.54 Å². The number of aryl methyl sites for hydroxylation is 1. The van der Waals surface area contributed by atoms with Crippen molar-refractivity contribution in [2.24, 2.45) is 0 Å². The Kier molecular flexibility index (Phi) is 3.23. The van der Waals surface area contributed by atoms with Gasteiger partial charge in [0.1, 0.15) is 5.82 Å². The molecular formula is C10H14FN. The second-order valence-electron chi connectivity index (χ2n) is 2.90. The Labute approximate surface area is 72.6 Å². The van der Waals surface area contributed by atoms with Crippen LogP contribution in [0.25, 0.3) is 0 Å². The van der Waals surface area contributed by atoms with Crippen LogP contribution in [0, 0.1) is 19.8 Å². The number of rotatable bonds is 3. The van der Waals surface area contributed by atoms with Crippen molar-refractivity contribution in [3.05, 3.63) is 42.2 Å². The lowest BCUT2D eigenvalue weighted by molar-refractivity contribution is -0.594. The molecular weight excluding hydrogens is 153 g/mol. The fourth-order valence-corrected chi connectivity index (χ4v) is 1.17. The predicted molar refractivity (Wildman–Crippen MR) is 47.0 cm³/mol. The van der Waals surface area contributed by atoms with Crippen molar-refractivity contribution in [3.63, 3.8) is 0 Å². The maximum Gasteiger partial charge on any atom is 0.123 e. The second-order valence-corrected chi connectivity index (χ2v) is 2.90. The average molecular weight is 167 g/mol. The molecule has 66 valence electrons. The molecule has 0 aliphatic carbocycles. The van der Waals surface area contributed by atoms with Gasteiger partial charge in [-0.2, -0.15) is 7.05 Å². The molecule has 0 amide bonds. The minimum absolute atomic E-state index is 0.153. The standard InChI is InChI=1S/C10H14FN/c1-8-3-4-10(11)7-9(8)5-6-12-2/h3-4,7H,2,5-6,12H2,1H3. The molecule has 1 aromatic carbocycles. The maximum absolute atomic E-state index is 12.7. The Morgan fingerprint density at radius 3 is 2.92 bits per heavy atom. The van der Waals surface area contributed by atoms with Crippen LogP contribution in [0.1, 0.15) is 11.1 Å². The summed E-state index contributed by atoms with van der Waals surface area (Å²) in [4.78, 5) is 0. The van der Waals surface area contributed by atoms with Crippen LogP contribution in [-0.4, -0.2) is 6.54 Å². The highest BCUT2D eigenvalue weighted by molar-refractivity contribution is 5.26. The summed E-state index contributed by atoms with van der Waals surface area (Å²) in [6.45, 7) is 2.90. The van der Waals surface area contributed by atoms with Gasteiger partial charge in [-0.05, 0) is 30.2 Å². The van der Waals surface area contributed by atoms with Crippen LogP contribution in [0.15, 0.2) is 18.2 Å². The fourth-order valence-electron chi connectivity index (χ4n) is 1.17. The first-order valence-corrected chi connectivity index (χ1v) is 4.10. The molecule has 0 unspecified atom stereocenters. The summed E-state index contributed by atoms with van der Waals surface area (Å²) in [6.07, 6.45) is 0.882. The van der Waals surface area contributed by atoms with E-state index in [0.29, 0.717) is 0 Å². The van der Waals surface area contributed by atoms with E-state index in [-0.39, 0.29) is 5.82 Å². The van der Waals surface area contributed by atoms with Gasteiger partial charge in [-0.3, -0.25) is 0 Å². The molecule has 12 heavy (non-hydrogen) atoms. The van der Waals surface area contributed by atoms with Gasteiger partial charge in [0.2, 0.25) is 0 Å². The Morgan fingerprint density at radius 1 is 1.50 bits per heavy atom. The fraction of sp³-hybridized carbons (Fsp3) is 0.300. The van der Waals surface area contributed by atoms with Gasteiger partial charge in [0.25, 0.3) is 0 Å². The van der Waals surface area contributed by atoms with Crippen LogP contribution in [0.5, 0.6) is 0 Å². The molecule has 0 aliphatic heterocycles. The molecule has 0 saturated heterocycles. The van der Waals surface area contributed by atoms with E-state index in [1.807, 2.05) is 18.3 Å². The van der Waals surface area contributed by atoms with Gasteiger partial charge < -0.3 is 5.32 Å². The predicted octanol–water partition coefficient (Wildman–Crippen LogP) is 1.03. The van der Waals surface area contributed by atoms with Gasteiger partial charge in [-0.25, -0.2) is 4.39 Å². The quantitative estimate of drug-likeness (QED) is 0.648.